The van der Waals surface area contributed by atoms with Crippen molar-refractivity contribution in [2.45, 2.75) is 12.5 Å². The van der Waals surface area contributed by atoms with Crippen LogP contribution in [0.15, 0.2) is 24.4 Å². The van der Waals surface area contributed by atoms with E-state index in [1.54, 1.807) is 6.20 Å². The number of amides is 2. The molecule has 0 aliphatic carbocycles. The number of pyridine rings is 1. The van der Waals surface area contributed by atoms with Gasteiger partial charge in [-0.15, -0.1) is 0 Å². The Morgan fingerprint density at radius 1 is 1.40 bits per heavy atom. The third-order valence-electron chi connectivity index (χ3n) is 2.21. The van der Waals surface area contributed by atoms with Gasteiger partial charge in [-0.3, -0.25) is 14.6 Å². The summed E-state index contributed by atoms with van der Waals surface area (Å²) in [6.45, 7) is 0.0670. The van der Waals surface area contributed by atoms with Gasteiger partial charge in [0.2, 0.25) is 11.8 Å². The summed E-state index contributed by atoms with van der Waals surface area (Å²) in [5.41, 5.74) is 0.792. The Hall–Kier alpha value is -1.91. The van der Waals surface area contributed by atoms with Crippen molar-refractivity contribution >= 4 is 11.8 Å². The summed E-state index contributed by atoms with van der Waals surface area (Å²) in [6, 6.07) is 4.99. The molecule has 2 amide bonds. The molecule has 2 rings (SSSR count). The quantitative estimate of drug-likeness (QED) is 0.666. The van der Waals surface area contributed by atoms with E-state index in [4.69, 9.17) is 0 Å². The molecule has 1 fully saturated rings. The average molecular weight is 205 g/mol. The van der Waals surface area contributed by atoms with Gasteiger partial charge in [0.1, 0.15) is 6.04 Å². The van der Waals surface area contributed by atoms with Crippen molar-refractivity contribution in [2.24, 2.45) is 0 Å². The van der Waals surface area contributed by atoms with Gasteiger partial charge >= 0.3 is 0 Å². The highest BCUT2D eigenvalue weighted by atomic mass is 16.2. The summed E-state index contributed by atoms with van der Waals surface area (Å²) in [6.07, 6.45) is 2.09. The normalized spacial score (nSPS) is 20.7. The van der Waals surface area contributed by atoms with Gasteiger partial charge in [0.15, 0.2) is 0 Å². The summed E-state index contributed by atoms with van der Waals surface area (Å²) < 4.78 is 0. The number of rotatable bonds is 2. The van der Waals surface area contributed by atoms with E-state index in [0.717, 1.165) is 5.69 Å². The summed E-state index contributed by atoms with van der Waals surface area (Å²) in [5.74, 6) is -0.309. The van der Waals surface area contributed by atoms with Gasteiger partial charge in [-0.25, -0.2) is 0 Å². The minimum atomic E-state index is -0.499. The number of carbonyl (C=O) groups is 2. The van der Waals surface area contributed by atoms with Crippen LogP contribution in [-0.2, 0) is 16.0 Å². The molecule has 1 aliphatic rings. The van der Waals surface area contributed by atoms with Crippen molar-refractivity contribution in [1.82, 2.24) is 15.6 Å². The van der Waals surface area contributed by atoms with Crippen molar-refractivity contribution in [2.75, 3.05) is 6.54 Å². The Balaban J connectivity index is 2.05. The molecular weight excluding hydrogens is 194 g/mol. The maximum atomic E-state index is 11.4. The molecule has 78 valence electrons. The molecule has 1 aromatic rings. The first-order valence-electron chi connectivity index (χ1n) is 4.72. The predicted octanol–water partition coefficient (Wildman–Crippen LogP) is -0.761. The van der Waals surface area contributed by atoms with Gasteiger partial charge in [-0.05, 0) is 12.1 Å². The predicted molar refractivity (Wildman–Crippen MR) is 52.9 cm³/mol. The molecule has 0 unspecified atom stereocenters. The maximum Gasteiger partial charge on any atom is 0.243 e. The van der Waals surface area contributed by atoms with Gasteiger partial charge in [0.05, 0.1) is 6.54 Å². The third-order valence-corrected chi connectivity index (χ3v) is 2.21. The smallest absolute Gasteiger partial charge is 0.243 e. The van der Waals surface area contributed by atoms with Crippen LogP contribution in [-0.4, -0.2) is 29.4 Å². The average Bonchev–Trinajstić information content (AvgIpc) is 2.25. The van der Waals surface area contributed by atoms with Crippen LogP contribution in [0.1, 0.15) is 5.69 Å². The summed E-state index contributed by atoms with van der Waals surface area (Å²) in [7, 11) is 0. The molecule has 5 heteroatoms. The molecule has 15 heavy (non-hydrogen) atoms. The van der Waals surface area contributed by atoms with Crippen molar-refractivity contribution in [3.63, 3.8) is 0 Å². The lowest BCUT2D eigenvalue weighted by Crippen LogP contribution is -2.56. The Morgan fingerprint density at radius 2 is 2.27 bits per heavy atom. The monoisotopic (exact) mass is 205 g/mol. The zero-order chi connectivity index (χ0) is 10.7. The highest BCUT2D eigenvalue weighted by Crippen LogP contribution is 2.01. The van der Waals surface area contributed by atoms with Crippen LogP contribution in [0.25, 0.3) is 0 Å². The van der Waals surface area contributed by atoms with Crippen LogP contribution in [0, 0.1) is 0 Å². The number of carbonyl (C=O) groups excluding carboxylic acids is 2. The molecule has 2 N–H and O–H groups in total. The molecule has 1 atom stereocenters. The van der Waals surface area contributed by atoms with Gasteiger partial charge in [0.25, 0.3) is 0 Å². The third kappa shape index (κ3) is 2.31. The van der Waals surface area contributed by atoms with E-state index < -0.39 is 6.04 Å². The van der Waals surface area contributed by atoms with Gasteiger partial charge in [-0.1, -0.05) is 6.07 Å². The van der Waals surface area contributed by atoms with Crippen molar-refractivity contribution in [3.05, 3.63) is 30.1 Å². The molecular formula is C10H11N3O2. The number of aromatic nitrogens is 1. The van der Waals surface area contributed by atoms with Gasteiger partial charge in [0, 0.05) is 18.3 Å². The number of piperazine rings is 1. The molecule has 2 heterocycles. The van der Waals surface area contributed by atoms with E-state index in [0.29, 0.717) is 6.42 Å². The largest absolute Gasteiger partial charge is 0.345 e. The first-order valence-corrected chi connectivity index (χ1v) is 4.72. The minimum Gasteiger partial charge on any atom is -0.345 e. The van der Waals surface area contributed by atoms with Crippen LogP contribution in [0.2, 0.25) is 0 Å². The minimum absolute atomic E-state index is 0.0670. The van der Waals surface area contributed by atoms with Crippen LogP contribution < -0.4 is 10.6 Å². The lowest BCUT2D eigenvalue weighted by Gasteiger charge is -2.22. The highest BCUT2D eigenvalue weighted by molar-refractivity contribution is 5.94. The fourth-order valence-corrected chi connectivity index (χ4v) is 1.47. The fourth-order valence-electron chi connectivity index (χ4n) is 1.47. The molecule has 1 aromatic heterocycles. The number of nitrogens with one attached hydrogen (secondary N) is 2. The standard InChI is InChI=1S/C10H11N3O2/c14-9-6-12-10(15)8(13-9)5-7-3-1-2-4-11-7/h1-4,8H,5-6H2,(H,12,15)(H,13,14)/t8-/m0/s1. The van der Waals surface area contributed by atoms with E-state index in [1.807, 2.05) is 18.2 Å². The van der Waals surface area contributed by atoms with Crippen LogP contribution >= 0.6 is 0 Å². The van der Waals surface area contributed by atoms with E-state index in [-0.39, 0.29) is 18.4 Å². The van der Waals surface area contributed by atoms with E-state index in [1.165, 1.54) is 0 Å². The van der Waals surface area contributed by atoms with Crippen molar-refractivity contribution < 1.29 is 9.59 Å². The second-order valence-electron chi connectivity index (χ2n) is 3.36. The zero-order valence-corrected chi connectivity index (χ0v) is 8.06. The summed E-state index contributed by atoms with van der Waals surface area (Å²) in [4.78, 5) is 26.6. The van der Waals surface area contributed by atoms with Crippen LogP contribution in [0.4, 0.5) is 0 Å². The second kappa shape index (κ2) is 4.08. The second-order valence-corrected chi connectivity index (χ2v) is 3.36. The number of hydrogen-bond donors (Lipinski definition) is 2. The van der Waals surface area contributed by atoms with Crippen LogP contribution in [0.5, 0.6) is 0 Å². The van der Waals surface area contributed by atoms with Crippen molar-refractivity contribution in [3.8, 4) is 0 Å². The molecule has 1 saturated heterocycles. The zero-order valence-electron chi connectivity index (χ0n) is 8.06. The fraction of sp³-hybridized carbons (Fsp3) is 0.300. The molecule has 1 aliphatic heterocycles. The van der Waals surface area contributed by atoms with E-state index in [2.05, 4.69) is 15.6 Å². The molecule has 0 radical (unpaired) electrons. The lowest BCUT2D eigenvalue weighted by molar-refractivity contribution is -0.133. The Bertz CT molecular complexity index is 378. The SMILES string of the molecule is O=C1CNC(=O)[C@H](Cc2ccccn2)N1. The van der Waals surface area contributed by atoms with Crippen molar-refractivity contribution in [1.29, 1.82) is 0 Å². The molecule has 0 saturated carbocycles. The van der Waals surface area contributed by atoms with E-state index >= 15 is 0 Å². The Morgan fingerprint density at radius 3 is 3.00 bits per heavy atom. The van der Waals surface area contributed by atoms with Gasteiger partial charge < -0.3 is 10.6 Å². The number of hydrogen-bond acceptors (Lipinski definition) is 3. The topological polar surface area (TPSA) is 71.1 Å². The highest BCUT2D eigenvalue weighted by Gasteiger charge is 2.25. The molecule has 5 nitrogen and oxygen atoms in total. The molecule has 0 bridgehead atoms. The molecule has 0 aromatic carbocycles. The van der Waals surface area contributed by atoms with Crippen LogP contribution in [0.3, 0.4) is 0 Å². The summed E-state index contributed by atoms with van der Waals surface area (Å²) >= 11 is 0. The Kier molecular flexibility index (Phi) is 2.62. The lowest BCUT2D eigenvalue weighted by atomic mass is 10.1. The van der Waals surface area contributed by atoms with E-state index in [9.17, 15) is 9.59 Å². The first-order chi connectivity index (χ1) is 7.25. The first kappa shape index (κ1) is 9.64. The maximum absolute atomic E-state index is 11.4. The molecule has 0 spiro atoms. The number of nitrogens with zero attached hydrogens (tertiary/aromatic N) is 1. The van der Waals surface area contributed by atoms with Gasteiger partial charge in [-0.2, -0.15) is 0 Å². The Labute approximate surface area is 86.9 Å². The summed E-state index contributed by atoms with van der Waals surface area (Å²) in [5, 5.41) is 5.15.